The van der Waals surface area contributed by atoms with Crippen molar-refractivity contribution in [2.24, 2.45) is 10.2 Å². The van der Waals surface area contributed by atoms with Crippen molar-refractivity contribution in [3.63, 3.8) is 0 Å². The molecule has 33 heavy (non-hydrogen) atoms. The van der Waals surface area contributed by atoms with Crippen LogP contribution in [0.2, 0.25) is 0 Å². The number of amidine groups is 1. The van der Waals surface area contributed by atoms with Crippen molar-refractivity contribution in [1.29, 1.82) is 0 Å². The molecule has 0 aliphatic carbocycles. The Morgan fingerprint density at radius 2 is 1.85 bits per heavy atom. The van der Waals surface area contributed by atoms with Gasteiger partial charge in [0.15, 0.2) is 5.17 Å². The Balaban J connectivity index is 1.51. The lowest BCUT2D eigenvalue weighted by molar-refractivity contribution is -0.122. The number of hydrogen-bond donors (Lipinski definition) is 2. The number of ether oxygens (including phenoxy) is 1. The molecule has 0 aromatic heterocycles. The molecule has 0 spiro atoms. The lowest BCUT2D eigenvalue weighted by Gasteiger charge is -2.11. The zero-order chi connectivity index (χ0) is 23.8. The quantitative estimate of drug-likeness (QED) is 0.351. The number of amides is 2. The minimum Gasteiger partial charge on any atom is -0.462 e. The summed E-state index contributed by atoms with van der Waals surface area (Å²) in [6.07, 6.45) is 1.57. The van der Waals surface area contributed by atoms with Crippen molar-refractivity contribution in [3.8, 4) is 0 Å². The maximum absolute atomic E-state index is 12.3. The van der Waals surface area contributed by atoms with Crippen LogP contribution in [-0.2, 0) is 14.3 Å². The second-order valence-corrected chi connectivity index (χ2v) is 8.47. The molecule has 2 aromatic rings. The summed E-state index contributed by atoms with van der Waals surface area (Å²) < 4.78 is 4.93. The van der Waals surface area contributed by atoms with E-state index in [9.17, 15) is 14.4 Å². The zero-order valence-corrected chi connectivity index (χ0v) is 19.4. The van der Waals surface area contributed by atoms with Crippen LogP contribution in [-0.4, -0.2) is 55.1 Å². The Kier molecular flexibility index (Phi) is 8.20. The second kappa shape index (κ2) is 11.3. The van der Waals surface area contributed by atoms with Crippen LogP contribution in [0, 0.1) is 0 Å². The van der Waals surface area contributed by atoms with Gasteiger partial charge in [-0.2, -0.15) is 5.10 Å². The number of esters is 1. The summed E-state index contributed by atoms with van der Waals surface area (Å²) in [6, 6.07) is 14.1. The van der Waals surface area contributed by atoms with Crippen LogP contribution in [0.3, 0.4) is 0 Å². The van der Waals surface area contributed by atoms with Gasteiger partial charge in [0.05, 0.1) is 18.4 Å². The Hall–Kier alpha value is -3.66. The number of carbonyl (C=O) groups excluding carboxylic acids is 3. The fraction of sp³-hybridized carbons (Fsp3) is 0.261. The van der Waals surface area contributed by atoms with Crippen molar-refractivity contribution >= 4 is 52.3 Å². The highest BCUT2D eigenvalue weighted by Gasteiger charge is 2.32. The van der Waals surface area contributed by atoms with Gasteiger partial charge in [-0.1, -0.05) is 23.9 Å². The van der Waals surface area contributed by atoms with Crippen LogP contribution in [0.4, 0.5) is 11.4 Å². The van der Waals surface area contributed by atoms with E-state index in [0.29, 0.717) is 23.0 Å². The largest absolute Gasteiger partial charge is 0.462 e. The van der Waals surface area contributed by atoms with Gasteiger partial charge in [0.25, 0.3) is 0 Å². The number of hydrogen-bond acceptors (Lipinski definition) is 8. The van der Waals surface area contributed by atoms with Crippen molar-refractivity contribution in [2.75, 3.05) is 30.9 Å². The first-order chi connectivity index (χ1) is 15.9. The van der Waals surface area contributed by atoms with Crippen LogP contribution in [0.25, 0.3) is 0 Å². The SMILES string of the molecule is CCOC(=O)c1ccc(NC(=O)CC2S/C(=N/N=C\c3ccc(N(C)C)cc3)NC2=O)cc1. The zero-order valence-electron chi connectivity index (χ0n) is 18.6. The van der Waals surface area contributed by atoms with Crippen LogP contribution in [0.1, 0.15) is 29.3 Å². The Morgan fingerprint density at radius 1 is 1.15 bits per heavy atom. The third kappa shape index (κ3) is 6.91. The first kappa shape index (κ1) is 24.0. The number of thioether (sulfide) groups is 1. The highest BCUT2D eigenvalue weighted by molar-refractivity contribution is 8.15. The molecule has 2 N–H and O–H groups in total. The van der Waals surface area contributed by atoms with Gasteiger partial charge in [0.2, 0.25) is 11.8 Å². The molecule has 2 aromatic carbocycles. The Labute approximate surface area is 196 Å². The number of benzene rings is 2. The van der Waals surface area contributed by atoms with E-state index in [-0.39, 0.29) is 18.2 Å². The average Bonchev–Trinajstić information content (AvgIpc) is 3.13. The predicted molar refractivity (Wildman–Crippen MR) is 131 cm³/mol. The first-order valence-electron chi connectivity index (χ1n) is 10.3. The van der Waals surface area contributed by atoms with E-state index < -0.39 is 11.2 Å². The molecule has 2 amide bonds. The molecule has 9 nitrogen and oxygen atoms in total. The molecule has 0 bridgehead atoms. The number of anilines is 2. The number of nitrogens with one attached hydrogen (secondary N) is 2. The highest BCUT2D eigenvalue weighted by atomic mass is 32.2. The Morgan fingerprint density at radius 3 is 2.48 bits per heavy atom. The van der Waals surface area contributed by atoms with Crippen LogP contribution in [0.15, 0.2) is 58.7 Å². The minimum absolute atomic E-state index is 0.0230. The fourth-order valence-electron chi connectivity index (χ4n) is 2.88. The molecule has 1 aliphatic heterocycles. The summed E-state index contributed by atoms with van der Waals surface area (Å²) in [7, 11) is 3.93. The normalized spacial score (nSPS) is 16.6. The molecule has 10 heteroatoms. The molecule has 3 rings (SSSR count). The van der Waals surface area contributed by atoms with E-state index in [1.165, 1.54) is 0 Å². The fourth-order valence-corrected chi connectivity index (χ4v) is 3.80. The highest BCUT2D eigenvalue weighted by Crippen LogP contribution is 2.23. The van der Waals surface area contributed by atoms with E-state index in [1.807, 2.05) is 43.3 Å². The molecule has 1 unspecified atom stereocenters. The van der Waals surface area contributed by atoms with Gasteiger partial charge in [-0.3, -0.25) is 9.59 Å². The summed E-state index contributed by atoms with van der Waals surface area (Å²) in [6.45, 7) is 2.02. The summed E-state index contributed by atoms with van der Waals surface area (Å²) >= 11 is 1.16. The molecule has 0 radical (unpaired) electrons. The van der Waals surface area contributed by atoms with Crippen molar-refractivity contribution in [3.05, 3.63) is 59.7 Å². The minimum atomic E-state index is -0.600. The van der Waals surface area contributed by atoms with Crippen LogP contribution < -0.4 is 15.5 Å². The topological polar surface area (TPSA) is 112 Å². The number of rotatable bonds is 8. The molecule has 1 saturated heterocycles. The summed E-state index contributed by atoms with van der Waals surface area (Å²) in [5.74, 6) is -1.04. The third-order valence-corrected chi connectivity index (χ3v) is 5.66. The molecule has 0 saturated carbocycles. The summed E-state index contributed by atoms with van der Waals surface area (Å²) in [5.41, 5.74) is 2.88. The van der Waals surface area contributed by atoms with Crippen LogP contribution in [0.5, 0.6) is 0 Å². The Bertz CT molecular complexity index is 1070. The molecule has 1 aliphatic rings. The van der Waals surface area contributed by atoms with Gasteiger partial charge < -0.3 is 20.3 Å². The van der Waals surface area contributed by atoms with Gasteiger partial charge in [-0.25, -0.2) is 4.79 Å². The average molecular weight is 468 g/mol. The molecular weight excluding hydrogens is 442 g/mol. The standard InChI is InChI=1S/C23H25N5O4S/c1-4-32-22(31)16-7-9-17(10-8-16)25-20(29)13-19-21(30)26-23(33-19)27-24-14-15-5-11-18(12-6-15)28(2)3/h5-12,14,19H,4,13H2,1-3H3,(H,25,29)(H,26,27,30)/b24-14-. The predicted octanol–water partition coefficient (Wildman–Crippen LogP) is 2.88. The molecule has 1 heterocycles. The lowest BCUT2D eigenvalue weighted by atomic mass is 10.2. The lowest BCUT2D eigenvalue weighted by Crippen LogP contribution is -2.28. The van der Waals surface area contributed by atoms with Crippen molar-refractivity contribution in [1.82, 2.24) is 5.32 Å². The van der Waals surface area contributed by atoms with Crippen molar-refractivity contribution < 1.29 is 19.1 Å². The third-order valence-electron chi connectivity index (χ3n) is 4.59. The molecule has 1 fully saturated rings. The smallest absolute Gasteiger partial charge is 0.338 e. The second-order valence-electron chi connectivity index (χ2n) is 7.28. The maximum Gasteiger partial charge on any atom is 0.338 e. The van der Waals surface area contributed by atoms with Gasteiger partial charge in [-0.05, 0) is 48.9 Å². The van der Waals surface area contributed by atoms with Gasteiger partial charge in [0, 0.05) is 31.9 Å². The monoisotopic (exact) mass is 467 g/mol. The van der Waals surface area contributed by atoms with E-state index in [1.54, 1.807) is 37.4 Å². The first-order valence-corrected chi connectivity index (χ1v) is 11.2. The van der Waals surface area contributed by atoms with Gasteiger partial charge in [0.1, 0.15) is 5.25 Å². The van der Waals surface area contributed by atoms with E-state index in [0.717, 1.165) is 23.0 Å². The van der Waals surface area contributed by atoms with E-state index in [4.69, 9.17) is 4.74 Å². The summed E-state index contributed by atoms with van der Waals surface area (Å²) in [4.78, 5) is 38.2. The van der Waals surface area contributed by atoms with Gasteiger partial charge in [-0.15, -0.1) is 5.10 Å². The van der Waals surface area contributed by atoms with Gasteiger partial charge >= 0.3 is 5.97 Å². The molecular formula is C23H25N5O4S. The van der Waals surface area contributed by atoms with E-state index >= 15 is 0 Å². The number of nitrogens with zero attached hydrogens (tertiary/aromatic N) is 3. The van der Waals surface area contributed by atoms with Crippen LogP contribution >= 0.6 is 11.8 Å². The number of carbonyl (C=O) groups is 3. The molecule has 1 atom stereocenters. The van der Waals surface area contributed by atoms with Crippen molar-refractivity contribution in [2.45, 2.75) is 18.6 Å². The maximum atomic E-state index is 12.3. The molecule has 172 valence electrons. The summed E-state index contributed by atoms with van der Waals surface area (Å²) in [5, 5.41) is 13.2. The van der Waals surface area contributed by atoms with E-state index in [2.05, 4.69) is 20.8 Å².